The summed E-state index contributed by atoms with van der Waals surface area (Å²) >= 11 is 0. The highest BCUT2D eigenvalue weighted by molar-refractivity contribution is 5.41. The monoisotopic (exact) mass is 222 g/mol. The summed E-state index contributed by atoms with van der Waals surface area (Å²) in [4.78, 5) is 0. The molecule has 90 valence electrons. The second-order valence-electron chi connectivity index (χ2n) is 5.18. The third-order valence-electron chi connectivity index (χ3n) is 2.50. The van der Waals surface area contributed by atoms with E-state index in [2.05, 4.69) is 39.8 Å². The van der Waals surface area contributed by atoms with Crippen molar-refractivity contribution in [2.75, 3.05) is 13.2 Å². The van der Waals surface area contributed by atoms with Crippen molar-refractivity contribution >= 4 is 0 Å². The molecule has 0 unspecified atom stereocenters. The van der Waals surface area contributed by atoms with Crippen LogP contribution in [-0.2, 0) is 5.41 Å². The Balaban J connectivity index is 2.90. The van der Waals surface area contributed by atoms with Gasteiger partial charge < -0.3 is 9.84 Å². The van der Waals surface area contributed by atoms with Crippen LogP contribution in [0.2, 0.25) is 0 Å². The molecule has 0 saturated heterocycles. The zero-order valence-corrected chi connectivity index (χ0v) is 10.7. The Hall–Kier alpha value is -1.02. The molecule has 1 rings (SSSR count). The summed E-state index contributed by atoms with van der Waals surface area (Å²) in [6.07, 6.45) is 0.678. The Morgan fingerprint density at radius 3 is 2.50 bits per heavy atom. The summed E-state index contributed by atoms with van der Waals surface area (Å²) in [6.45, 7) is 9.38. The zero-order valence-electron chi connectivity index (χ0n) is 10.7. The van der Waals surface area contributed by atoms with Gasteiger partial charge in [0.25, 0.3) is 0 Å². The van der Waals surface area contributed by atoms with E-state index in [0.717, 1.165) is 5.75 Å². The normalized spacial score (nSPS) is 11.6. The van der Waals surface area contributed by atoms with Crippen LogP contribution in [0.3, 0.4) is 0 Å². The molecule has 0 saturated carbocycles. The molecule has 0 fully saturated rings. The molecule has 0 aliphatic rings. The lowest BCUT2D eigenvalue weighted by atomic mass is 9.85. The molecule has 16 heavy (non-hydrogen) atoms. The van der Waals surface area contributed by atoms with E-state index in [0.29, 0.717) is 13.0 Å². The van der Waals surface area contributed by atoms with Crippen molar-refractivity contribution in [3.63, 3.8) is 0 Å². The number of hydrogen-bond donors (Lipinski definition) is 1. The first-order valence-electron chi connectivity index (χ1n) is 5.80. The van der Waals surface area contributed by atoms with Crippen molar-refractivity contribution in [1.82, 2.24) is 0 Å². The van der Waals surface area contributed by atoms with E-state index >= 15 is 0 Å². The van der Waals surface area contributed by atoms with Gasteiger partial charge in [-0.1, -0.05) is 38.5 Å². The van der Waals surface area contributed by atoms with Crippen LogP contribution in [-0.4, -0.2) is 18.3 Å². The molecule has 2 nitrogen and oxygen atoms in total. The van der Waals surface area contributed by atoms with Crippen molar-refractivity contribution in [2.45, 2.75) is 39.5 Å². The second-order valence-corrected chi connectivity index (χ2v) is 5.18. The van der Waals surface area contributed by atoms with Crippen LogP contribution in [0.15, 0.2) is 18.2 Å². The van der Waals surface area contributed by atoms with Gasteiger partial charge in [-0.25, -0.2) is 0 Å². The molecule has 0 aliphatic carbocycles. The van der Waals surface area contributed by atoms with Gasteiger partial charge >= 0.3 is 0 Å². The average molecular weight is 222 g/mol. The van der Waals surface area contributed by atoms with Crippen LogP contribution < -0.4 is 4.74 Å². The van der Waals surface area contributed by atoms with E-state index < -0.39 is 0 Å². The van der Waals surface area contributed by atoms with Crippen LogP contribution in [0, 0.1) is 6.92 Å². The van der Waals surface area contributed by atoms with E-state index in [1.165, 1.54) is 11.1 Å². The quantitative estimate of drug-likeness (QED) is 0.793. The van der Waals surface area contributed by atoms with Gasteiger partial charge in [-0.15, -0.1) is 0 Å². The summed E-state index contributed by atoms with van der Waals surface area (Å²) in [5.41, 5.74) is 2.56. The summed E-state index contributed by atoms with van der Waals surface area (Å²) < 4.78 is 5.70. The predicted octanol–water partition coefficient (Wildman–Crippen LogP) is 3.05. The second kappa shape index (κ2) is 5.35. The first kappa shape index (κ1) is 13.0. The van der Waals surface area contributed by atoms with Crippen molar-refractivity contribution in [3.8, 4) is 5.75 Å². The van der Waals surface area contributed by atoms with E-state index in [9.17, 15) is 0 Å². The van der Waals surface area contributed by atoms with Gasteiger partial charge in [0.1, 0.15) is 5.75 Å². The van der Waals surface area contributed by atoms with Gasteiger partial charge in [-0.2, -0.15) is 0 Å². The maximum atomic E-state index is 8.74. The molecule has 1 N–H and O–H groups in total. The fourth-order valence-electron chi connectivity index (χ4n) is 1.60. The molecule has 0 atom stereocenters. The van der Waals surface area contributed by atoms with Gasteiger partial charge in [0.05, 0.1) is 6.61 Å². The Kier molecular flexibility index (Phi) is 4.36. The smallest absolute Gasteiger partial charge is 0.123 e. The SMILES string of the molecule is Cc1ccc(OCCCO)c(C(C)(C)C)c1. The fraction of sp³-hybridized carbons (Fsp3) is 0.571. The Morgan fingerprint density at radius 2 is 1.94 bits per heavy atom. The summed E-state index contributed by atoms with van der Waals surface area (Å²) in [6, 6.07) is 6.26. The number of aryl methyl sites for hydroxylation is 1. The summed E-state index contributed by atoms with van der Waals surface area (Å²) in [5.74, 6) is 0.937. The largest absolute Gasteiger partial charge is 0.493 e. The van der Waals surface area contributed by atoms with Gasteiger partial charge in [-0.05, 0) is 24.0 Å². The Labute approximate surface area is 98.3 Å². The molecule has 0 heterocycles. The van der Waals surface area contributed by atoms with Crippen molar-refractivity contribution in [1.29, 1.82) is 0 Å². The van der Waals surface area contributed by atoms with Gasteiger partial charge in [0.2, 0.25) is 0 Å². The number of aliphatic hydroxyl groups is 1. The third kappa shape index (κ3) is 3.53. The van der Waals surface area contributed by atoms with E-state index in [4.69, 9.17) is 9.84 Å². The number of hydrogen-bond acceptors (Lipinski definition) is 2. The lowest BCUT2D eigenvalue weighted by molar-refractivity contribution is 0.231. The number of ether oxygens (including phenoxy) is 1. The van der Waals surface area contributed by atoms with Crippen LogP contribution >= 0.6 is 0 Å². The lowest BCUT2D eigenvalue weighted by Crippen LogP contribution is -2.14. The first-order chi connectivity index (χ1) is 7.45. The number of aliphatic hydroxyl groups excluding tert-OH is 1. The molecule has 0 bridgehead atoms. The van der Waals surface area contributed by atoms with Gasteiger partial charge in [-0.3, -0.25) is 0 Å². The highest BCUT2D eigenvalue weighted by Crippen LogP contribution is 2.32. The minimum Gasteiger partial charge on any atom is -0.493 e. The van der Waals surface area contributed by atoms with E-state index in [1.54, 1.807) is 0 Å². The summed E-state index contributed by atoms with van der Waals surface area (Å²) in [7, 11) is 0. The van der Waals surface area contributed by atoms with Crippen LogP contribution in [0.25, 0.3) is 0 Å². The number of rotatable bonds is 4. The standard InChI is InChI=1S/C14H22O2/c1-11-6-7-13(16-9-5-8-15)12(10-11)14(2,3)4/h6-7,10,15H,5,8-9H2,1-4H3. The topological polar surface area (TPSA) is 29.5 Å². The predicted molar refractivity (Wildman–Crippen MR) is 67.1 cm³/mol. The molecule has 2 heteroatoms. The molecular formula is C14H22O2. The molecule has 0 aromatic heterocycles. The number of benzene rings is 1. The minimum absolute atomic E-state index is 0.0839. The van der Waals surface area contributed by atoms with Gasteiger partial charge in [0, 0.05) is 13.0 Å². The zero-order chi connectivity index (χ0) is 12.2. The molecular weight excluding hydrogens is 200 g/mol. The highest BCUT2D eigenvalue weighted by atomic mass is 16.5. The lowest BCUT2D eigenvalue weighted by Gasteiger charge is -2.23. The highest BCUT2D eigenvalue weighted by Gasteiger charge is 2.18. The maximum Gasteiger partial charge on any atom is 0.123 e. The van der Waals surface area contributed by atoms with Crippen molar-refractivity contribution < 1.29 is 9.84 Å². The average Bonchev–Trinajstić information content (AvgIpc) is 2.19. The van der Waals surface area contributed by atoms with Crippen LogP contribution in [0.4, 0.5) is 0 Å². The molecule has 0 amide bonds. The third-order valence-corrected chi connectivity index (χ3v) is 2.50. The van der Waals surface area contributed by atoms with Crippen molar-refractivity contribution in [2.24, 2.45) is 0 Å². The van der Waals surface area contributed by atoms with Crippen LogP contribution in [0.1, 0.15) is 38.3 Å². The van der Waals surface area contributed by atoms with Gasteiger partial charge in [0.15, 0.2) is 0 Å². The molecule has 1 aromatic rings. The molecule has 0 radical (unpaired) electrons. The molecule has 0 spiro atoms. The maximum absolute atomic E-state index is 8.74. The Bertz CT molecular complexity index is 337. The van der Waals surface area contributed by atoms with E-state index in [-0.39, 0.29) is 12.0 Å². The summed E-state index contributed by atoms with van der Waals surface area (Å²) in [5, 5.41) is 8.74. The van der Waals surface area contributed by atoms with Crippen LogP contribution in [0.5, 0.6) is 5.75 Å². The first-order valence-corrected chi connectivity index (χ1v) is 5.80. The minimum atomic E-state index is 0.0839. The fourth-order valence-corrected chi connectivity index (χ4v) is 1.60. The van der Waals surface area contributed by atoms with Crippen molar-refractivity contribution in [3.05, 3.63) is 29.3 Å². The Morgan fingerprint density at radius 1 is 1.25 bits per heavy atom. The molecule has 0 aliphatic heterocycles. The molecule has 1 aromatic carbocycles. The van der Waals surface area contributed by atoms with E-state index in [1.807, 2.05) is 6.07 Å².